The van der Waals surface area contributed by atoms with Gasteiger partial charge in [-0.1, -0.05) is 187 Å². The van der Waals surface area contributed by atoms with Crippen LogP contribution in [0.4, 0.5) is 0 Å². The second kappa shape index (κ2) is 30.4. The zero-order chi connectivity index (χ0) is 55.2. The molecule has 0 heterocycles. The third-order valence-electron chi connectivity index (χ3n) is 9.65. The van der Waals surface area contributed by atoms with E-state index in [1.807, 2.05) is 104 Å². The molecule has 0 rings (SSSR count). The average molecular weight is 986 g/mol. The summed E-state index contributed by atoms with van der Waals surface area (Å²) in [5.74, 6) is 1.55. The predicted octanol–water partition coefficient (Wildman–Crippen LogP) is 13.3. The molecule has 0 amide bonds. The molecule has 0 aliphatic rings. The molecule has 0 saturated carbocycles. The van der Waals surface area contributed by atoms with Crippen LogP contribution < -0.4 is 0 Å². The molecule has 0 aliphatic heterocycles. The standard InChI is InChI=1S/C10H20O.2C9H18O.2C8H16O4S.C8H16O/c1-9(2,3)7-8(11)10(4,5)6;1-7(2)6-8(10)9(3,4)5;1-6-7(2)8(10)9(3,4)5;1-6(13(10,11)12)5-7(9)8(2,3)4;1-5-6(13(10,11)12)7(9)8(2,3)4;1-5-6-7(9)8(2,3)4/h7H2,1-6H3;2*7H,6H2,1-5H3;2*6H,5H2,1-4H3,(H,10,11,12);5-6H2,1-4H3. The van der Waals surface area contributed by atoms with E-state index in [4.69, 9.17) is 9.11 Å². The molecule has 0 radical (unpaired) electrons. The average Bonchev–Trinajstić information content (AvgIpc) is 3.05. The van der Waals surface area contributed by atoms with Gasteiger partial charge in [0.25, 0.3) is 20.2 Å². The molecule has 0 bridgehead atoms. The minimum Gasteiger partial charge on any atom is -0.299 e. The van der Waals surface area contributed by atoms with Crippen molar-refractivity contribution >= 4 is 54.9 Å². The van der Waals surface area contributed by atoms with E-state index in [9.17, 15) is 45.6 Å². The Balaban J connectivity index is -0.000000164. The van der Waals surface area contributed by atoms with E-state index in [1.165, 1.54) is 6.92 Å². The summed E-state index contributed by atoms with van der Waals surface area (Å²) in [6.45, 7) is 53.0. The summed E-state index contributed by atoms with van der Waals surface area (Å²) >= 11 is 0. The van der Waals surface area contributed by atoms with Crippen LogP contribution in [0.2, 0.25) is 0 Å². The van der Waals surface area contributed by atoms with E-state index in [0.717, 1.165) is 19.3 Å². The molecule has 0 aromatic heterocycles. The van der Waals surface area contributed by atoms with Crippen molar-refractivity contribution < 1.29 is 54.7 Å². The van der Waals surface area contributed by atoms with Crippen LogP contribution in [-0.2, 0) is 49.0 Å². The molecule has 0 spiro atoms. The van der Waals surface area contributed by atoms with Crippen molar-refractivity contribution in [2.75, 3.05) is 0 Å². The Morgan fingerprint density at radius 3 is 0.864 bits per heavy atom. The van der Waals surface area contributed by atoms with Gasteiger partial charge in [0, 0.05) is 64.1 Å². The van der Waals surface area contributed by atoms with Crippen molar-refractivity contribution in [3.05, 3.63) is 0 Å². The Morgan fingerprint density at radius 2 is 0.742 bits per heavy atom. The van der Waals surface area contributed by atoms with Crippen LogP contribution in [0.5, 0.6) is 0 Å². The third kappa shape index (κ3) is 42.0. The highest BCUT2D eigenvalue weighted by atomic mass is 32.2. The fourth-order valence-corrected chi connectivity index (χ4v) is 6.04. The largest absolute Gasteiger partial charge is 0.299 e. The molecular weight excluding hydrogens is 881 g/mol. The van der Waals surface area contributed by atoms with Crippen molar-refractivity contribution in [2.45, 2.75) is 249 Å². The topological polar surface area (TPSA) is 211 Å². The molecule has 66 heavy (non-hydrogen) atoms. The molecule has 12 nitrogen and oxygen atoms in total. The minimum absolute atomic E-state index is 0.106. The Kier molecular flexibility index (Phi) is 34.8. The first-order valence-corrected chi connectivity index (χ1v) is 26.6. The van der Waals surface area contributed by atoms with E-state index < -0.39 is 47.3 Å². The molecular formula is C52H104O12S2. The minimum atomic E-state index is -4.25. The van der Waals surface area contributed by atoms with E-state index >= 15 is 0 Å². The first-order chi connectivity index (χ1) is 28.5. The Bertz CT molecular complexity index is 1690. The lowest BCUT2D eigenvalue weighted by Gasteiger charge is -2.23. The molecule has 2 N–H and O–H groups in total. The van der Waals surface area contributed by atoms with Gasteiger partial charge in [0.15, 0.2) is 5.78 Å². The summed E-state index contributed by atoms with van der Waals surface area (Å²) in [4.78, 5) is 68.1. The van der Waals surface area contributed by atoms with Gasteiger partial charge < -0.3 is 0 Å². The van der Waals surface area contributed by atoms with Gasteiger partial charge in [-0.05, 0) is 37.5 Å². The smallest absolute Gasteiger partial charge is 0.274 e. The lowest BCUT2D eigenvalue weighted by molar-refractivity contribution is -0.130. The van der Waals surface area contributed by atoms with Crippen molar-refractivity contribution in [3.63, 3.8) is 0 Å². The maximum absolute atomic E-state index is 11.5. The van der Waals surface area contributed by atoms with Gasteiger partial charge in [-0.3, -0.25) is 37.9 Å². The summed E-state index contributed by atoms with van der Waals surface area (Å²) in [7, 11) is -8.33. The normalized spacial score (nSPS) is 14.0. The summed E-state index contributed by atoms with van der Waals surface area (Å²) in [5.41, 5.74) is -1.78. The van der Waals surface area contributed by atoms with Gasteiger partial charge in [-0.2, -0.15) is 16.8 Å². The molecule has 0 saturated heterocycles. The van der Waals surface area contributed by atoms with Gasteiger partial charge in [-0.15, -0.1) is 0 Å². The van der Waals surface area contributed by atoms with Gasteiger partial charge in [0.05, 0.1) is 5.25 Å². The molecule has 0 fully saturated rings. The summed E-state index contributed by atoms with van der Waals surface area (Å²) in [6, 6.07) is 0. The zero-order valence-corrected chi connectivity index (χ0v) is 49.2. The van der Waals surface area contributed by atoms with Crippen LogP contribution in [0.1, 0.15) is 239 Å². The molecule has 3 unspecified atom stereocenters. The fraction of sp³-hybridized carbons (Fsp3) is 0.885. The number of carbonyl (C=O) groups excluding carboxylic acids is 6. The van der Waals surface area contributed by atoms with Crippen LogP contribution in [0.3, 0.4) is 0 Å². The van der Waals surface area contributed by atoms with Crippen LogP contribution in [-0.4, -0.2) is 71.1 Å². The first-order valence-electron chi connectivity index (χ1n) is 23.6. The second-order valence-corrected chi connectivity index (χ2v) is 28.7. The number of hydrogen-bond acceptors (Lipinski definition) is 10. The van der Waals surface area contributed by atoms with Crippen LogP contribution in [0.25, 0.3) is 0 Å². The Morgan fingerprint density at radius 1 is 0.424 bits per heavy atom. The van der Waals surface area contributed by atoms with Crippen LogP contribution in [0, 0.1) is 49.7 Å². The quantitative estimate of drug-likeness (QED) is 0.165. The predicted molar refractivity (Wildman–Crippen MR) is 276 cm³/mol. The van der Waals surface area contributed by atoms with Crippen molar-refractivity contribution in [2.24, 2.45) is 49.7 Å². The fourth-order valence-electron chi connectivity index (χ4n) is 4.64. The molecule has 396 valence electrons. The summed E-state index contributed by atoms with van der Waals surface area (Å²) in [6.07, 6.45) is 4.01. The highest BCUT2D eigenvalue weighted by Gasteiger charge is 2.36. The molecule has 0 aromatic carbocycles. The number of Topliss-reactive ketones (excluding diaryl/α,β-unsaturated/α-hetero) is 6. The molecule has 0 aromatic rings. The SMILES string of the molecule is CC(C)(C)CC(=O)C(C)(C)C.CC(C)CC(=O)C(C)(C)C.CC(CC(=O)C(C)(C)C)S(=O)(=O)O.CCC(C(=O)C(C)(C)C)S(=O)(=O)O.CCC(C)C(=O)C(C)(C)C.CCCC(=O)C(C)(C)C. The van der Waals surface area contributed by atoms with Gasteiger partial charge in [0.2, 0.25) is 0 Å². The lowest BCUT2D eigenvalue weighted by Crippen LogP contribution is -2.37. The van der Waals surface area contributed by atoms with Gasteiger partial charge in [0.1, 0.15) is 34.2 Å². The highest BCUT2D eigenvalue weighted by Crippen LogP contribution is 2.27. The van der Waals surface area contributed by atoms with Crippen molar-refractivity contribution in [3.8, 4) is 0 Å². The third-order valence-corrected chi connectivity index (χ3v) is 12.1. The maximum Gasteiger partial charge on any atom is 0.274 e. The van der Waals surface area contributed by atoms with Crippen molar-refractivity contribution in [1.82, 2.24) is 0 Å². The van der Waals surface area contributed by atoms with Crippen LogP contribution in [0.15, 0.2) is 0 Å². The van der Waals surface area contributed by atoms with E-state index in [0.29, 0.717) is 41.9 Å². The molecule has 3 atom stereocenters. The second-order valence-electron chi connectivity index (χ2n) is 25.3. The van der Waals surface area contributed by atoms with E-state index in [1.54, 1.807) is 48.5 Å². The first kappa shape index (κ1) is 75.4. The monoisotopic (exact) mass is 985 g/mol. The summed E-state index contributed by atoms with van der Waals surface area (Å²) in [5, 5.41) is -2.30. The lowest BCUT2D eigenvalue weighted by atomic mass is 9.80. The van der Waals surface area contributed by atoms with E-state index in [2.05, 4.69) is 34.6 Å². The zero-order valence-electron chi connectivity index (χ0n) is 47.6. The Hall–Kier alpha value is -2.16. The maximum atomic E-state index is 11.5. The Labute approximate surface area is 407 Å². The number of hydrogen-bond donors (Lipinski definition) is 2. The van der Waals surface area contributed by atoms with Crippen LogP contribution >= 0.6 is 0 Å². The van der Waals surface area contributed by atoms with Gasteiger partial charge in [-0.25, -0.2) is 0 Å². The number of rotatable bonds is 13. The molecule has 0 aliphatic carbocycles. The summed E-state index contributed by atoms with van der Waals surface area (Å²) < 4.78 is 60.1. The number of carbonyl (C=O) groups is 6. The van der Waals surface area contributed by atoms with E-state index in [-0.39, 0.29) is 51.6 Å². The van der Waals surface area contributed by atoms with Crippen molar-refractivity contribution in [1.29, 1.82) is 0 Å². The number of ketones is 6. The highest BCUT2D eigenvalue weighted by molar-refractivity contribution is 7.87. The van der Waals surface area contributed by atoms with Gasteiger partial charge >= 0.3 is 0 Å². The molecule has 14 heteroatoms.